The van der Waals surface area contributed by atoms with Crippen molar-refractivity contribution in [2.45, 2.75) is 30.5 Å². The van der Waals surface area contributed by atoms with Crippen molar-refractivity contribution in [1.29, 1.82) is 0 Å². The number of thioether (sulfide) groups is 1. The molecule has 0 amide bonds. The summed E-state index contributed by atoms with van der Waals surface area (Å²) < 4.78 is 0. The largest absolute Gasteiger partial charge is 0.395 e. The minimum atomic E-state index is 0.220. The lowest BCUT2D eigenvalue weighted by Crippen LogP contribution is -2.21. The van der Waals surface area contributed by atoms with Gasteiger partial charge in [0.2, 0.25) is 0 Å². The number of hydrogen-bond donors (Lipinski definition) is 1. The Morgan fingerprint density at radius 2 is 1.88 bits per heavy atom. The number of likely N-dealkylation sites (N-methyl/N-ethyl adjacent to an activating group) is 1. The molecule has 1 aromatic rings. The summed E-state index contributed by atoms with van der Waals surface area (Å²) in [5.41, 5.74) is 1.30. The van der Waals surface area contributed by atoms with Gasteiger partial charge in [-0.25, -0.2) is 0 Å². The van der Waals surface area contributed by atoms with Crippen molar-refractivity contribution >= 4 is 11.8 Å². The van der Waals surface area contributed by atoms with Gasteiger partial charge >= 0.3 is 0 Å². The molecule has 0 saturated heterocycles. The van der Waals surface area contributed by atoms with E-state index in [4.69, 9.17) is 5.11 Å². The second-order valence-electron chi connectivity index (χ2n) is 4.27. The summed E-state index contributed by atoms with van der Waals surface area (Å²) in [4.78, 5) is 3.44. The maximum Gasteiger partial charge on any atom is 0.0558 e. The Morgan fingerprint density at radius 3 is 2.38 bits per heavy atom. The zero-order valence-corrected chi connectivity index (χ0v) is 11.1. The molecule has 0 bridgehead atoms. The maximum absolute atomic E-state index is 8.81. The molecule has 16 heavy (non-hydrogen) atoms. The second-order valence-corrected chi connectivity index (χ2v) is 5.92. The number of rotatable bonds is 6. The van der Waals surface area contributed by atoms with Crippen LogP contribution in [0, 0.1) is 0 Å². The molecule has 0 fully saturated rings. The molecule has 0 atom stereocenters. The molecule has 1 rings (SSSR count). The fourth-order valence-corrected chi connectivity index (χ4v) is 2.34. The first-order valence-electron chi connectivity index (χ1n) is 5.67. The van der Waals surface area contributed by atoms with Gasteiger partial charge in [-0.15, -0.1) is 11.8 Å². The van der Waals surface area contributed by atoms with E-state index in [9.17, 15) is 0 Å². The third-order valence-electron chi connectivity index (χ3n) is 2.23. The molecule has 90 valence electrons. The van der Waals surface area contributed by atoms with E-state index < -0.39 is 0 Å². The van der Waals surface area contributed by atoms with Gasteiger partial charge in [0.25, 0.3) is 0 Å². The topological polar surface area (TPSA) is 23.5 Å². The van der Waals surface area contributed by atoms with E-state index in [1.54, 1.807) is 0 Å². The Morgan fingerprint density at radius 1 is 1.25 bits per heavy atom. The molecular weight excluding hydrogens is 218 g/mol. The maximum atomic E-state index is 8.81. The van der Waals surface area contributed by atoms with Gasteiger partial charge in [-0.3, -0.25) is 4.90 Å². The number of aliphatic hydroxyl groups is 1. The van der Waals surface area contributed by atoms with Crippen molar-refractivity contribution in [2.75, 3.05) is 20.2 Å². The van der Waals surface area contributed by atoms with E-state index in [1.807, 2.05) is 18.8 Å². The fraction of sp³-hybridized carbons (Fsp3) is 0.538. The molecule has 0 saturated carbocycles. The molecule has 3 heteroatoms. The molecule has 0 aromatic heterocycles. The first-order chi connectivity index (χ1) is 7.61. The van der Waals surface area contributed by atoms with Gasteiger partial charge in [0.1, 0.15) is 0 Å². The van der Waals surface area contributed by atoms with Crippen LogP contribution in [0.1, 0.15) is 19.4 Å². The number of nitrogens with zero attached hydrogens (tertiary/aromatic N) is 1. The van der Waals surface area contributed by atoms with E-state index in [0.717, 1.165) is 13.1 Å². The van der Waals surface area contributed by atoms with Crippen molar-refractivity contribution in [1.82, 2.24) is 4.90 Å². The number of aliphatic hydroxyl groups excluding tert-OH is 1. The summed E-state index contributed by atoms with van der Waals surface area (Å²) in [6.07, 6.45) is 0. The number of benzene rings is 1. The smallest absolute Gasteiger partial charge is 0.0558 e. The highest BCUT2D eigenvalue weighted by atomic mass is 32.2. The lowest BCUT2D eigenvalue weighted by molar-refractivity contribution is 0.217. The molecular formula is C13H21NOS. The van der Waals surface area contributed by atoms with Crippen LogP contribution in [0.5, 0.6) is 0 Å². The lowest BCUT2D eigenvalue weighted by atomic mass is 10.2. The SMILES string of the molecule is CC(C)Sc1ccc(CN(C)CCO)cc1. The van der Waals surface area contributed by atoms with Crippen molar-refractivity contribution in [2.24, 2.45) is 0 Å². The van der Waals surface area contributed by atoms with Crippen molar-refractivity contribution < 1.29 is 5.11 Å². The van der Waals surface area contributed by atoms with E-state index in [0.29, 0.717) is 5.25 Å². The molecule has 0 spiro atoms. The highest BCUT2D eigenvalue weighted by molar-refractivity contribution is 7.99. The highest BCUT2D eigenvalue weighted by Crippen LogP contribution is 2.23. The molecule has 0 unspecified atom stereocenters. The Balaban J connectivity index is 2.50. The van der Waals surface area contributed by atoms with Crippen LogP contribution in [0.4, 0.5) is 0 Å². The summed E-state index contributed by atoms with van der Waals surface area (Å²) >= 11 is 1.88. The van der Waals surface area contributed by atoms with Crippen molar-refractivity contribution in [3.05, 3.63) is 29.8 Å². The number of hydrogen-bond acceptors (Lipinski definition) is 3. The molecule has 1 aromatic carbocycles. The highest BCUT2D eigenvalue weighted by Gasteiger charge is 2.01. The van der Waals surface area contributed by atoms with E-state index >= 15 is 0 Å². The van der Waals surface area contributed by atoms with E-state index in [1.165, 1.54) is 10.5 Å². The van der Waals surface area contributed by atoms with Gasteiger partial charge in [-0.2, -0.15) is 0 Å². The Hall–Kier alpha value is -0.510. The third-order valence-corrected chi connectivity index (χ3v) is 3.25. The molecule has 1 N–H and O–H groups in total. The first kappa shape index (κ1) is 13.6. The van der Waals surface area contributed by atoms with Gasteiger partial charge in [0.15, 0.2) is 0 Å². The monoisotopic (exact) mass is 239 g/mol. The minimum absolute atomic E-state index is 0.220. The Labute approximate surface area is 103 Å². The summed E-state index contributed by atoms with van der Waals surface area (Å²) in [6.45, 7) is 6.24. The van der Waals surface area contributed by atoms with Crippen LogP contribution in [0.15, 0.2) is 29.2 Å². The van der Waals surface area contributed by atoms with Gasteiger partial charge in [-0.1, -0.05) is 26.0 Å². The summed E-state index contributed by atoms with van der Waals surface area (Å²) in [6, 6.07) is 8.68. The van der Waals surface area contributed by atoms with Crippen LogP contribution in [0.3, 0.4) is 0 Å². The minimum Gasteiger partial charge on any atom is -0.395 e. The van der Waals surface area contributed by atoms with Gasteiger partial charge in [0, 0.05) is 23.2 Å². The molecule has 2 nitrogen and oxygen atoms in total. The van der Waals surface area contributed by atoms with Gasteiger partial charge in [-0.05, 0) is 24.7 Å². The zero-order chi connectivity index (χ0) is 12.0. The lowest BCUT2D eigenvalue weighted by Gasteiger charge is -2.15. The van der Waals surface area contributed by atoms with Crippen LogP contribution in [-0.2, 0) is 6.54 Å². The predicted molar refractivity (Wildman–Crippen MR) is 70.9 cm³/mol. The Kier molecular flexibility index (Phi) is 5.88. The van der Waals surface area contributed by atoms with E-state index in [2.05, 4.69) is 43.0 Å². The molecule has 0 heterocycles. The average molecular weight is 239 g/mol. The summed E-state index contributed by atoms with van der Waals surface area (Å²) in [7, 11) is 2.02. The standard InChI is InChI=1S/C13H21NOS/c1-11(2)16-13-6-4-12(5-7-13)10-14(3)8-9-15/h4-7,11,15H,8-10H2,1-3H3. The fourth-order valence-electron chi connectivity index (χ4n) is 1.51. The summed E-state index contributed by atoms with van der Waals surface area (Å²) in [5.74, 6) is 0. The van der Waals surface area contributed by atoms with Crippen LogP contribution in [0.2, 0.25) is 0 Å². The summed E-state index contributed by atoms with van der Waals surface area (Å²) in [5, 5.41) is 9.44. The van der Waals surface area contributed by atoms with Gasteiger partial charge in [0.05, 0.1) is 6.61 Å². The first-order valence-corrected chi connectivity index (χ1v) is 6.54. The third kappa shape index (κ3) is 5.01. The van der Waals surface area contributed by atoms with Crippen LogP contribution in [-0.4, -0.2) is 35.5 Å². The molecule has 0 aliphatic rings. The second kappa shape index (κ2) is 6.94. The quantitative estimate of drug-likeness (QED) is 0.772. The zero-order valence-electron chi connectivity index (χ0n) is 10.3. The predicted octanol–water partition coefficient (Wildman–Crippen LogP) is 2.61. The van der Waals surface area contributed by atoms with E-state index in [-0.39, 0.29) is 6.61 Å². The molecule has 0 aliphatic heterocycles. The van der Waals surface area contributed by atoms with Crippen molar-refractivity contribution in [3.63, 3.8) is 0 Å². The van der Waals surface area contributed by atoms with Crippen LogP contribution in [0.25, 0.3) is 0 Å². The Bertz CT molecular complexity index is 297. The molecule has 0 aliphatic carbocycles. The van der Waals surface area contributed by atoms with Crippen molar-refractivity contribution in [3.8, 4) is 0 Å². The molecule has 0 radical (unpaired) electrons. The van der Waals surface area contributed by atoms with Crippen LogP contribution >= 0.6 is 11.8 Å². The average Bonchev–Trinajstić information content (AvgIpc) is 2.20. The van der Waals surface area contributed by atoms with Crippen LogP contribution < -0.4 is 0 Å². The van der Waals surface area contributed by atoms with Gasteiger partial charge < -0.3 is 5.11 Å². The normalized spacial score (nSPS) is 11.4.